The highest BCUT2D eigenvalue weighted by molar-refractivity contribution is 6.98. The average Bonchev–Trinajstić information content (AvgIpc) is 3.92. The van der Waals surface area contributed by atoms with E-state index in [-0.39, 0.29) is 33.8 Å². The first kappa shape index (κ1) is 49.6. The van der Waals surface area contributed by atoms with Crippen molar-refractivity contribution in [1.29, 1.82) is 0 Å². The van der Waals surface area contributed by atoms with Crippen molar-refractivity contribution in [1.82, 2.24) is 0 Å². The first-order valence-corrected chi connectivity index (χ1v) is 27.8. The monoisotopic (exact) mass is 992 g/mol. The molecule has 0 saturated heterocycles. The number of para-hydroxylation sites is 2. The van der Waals surface area contributed by atoms with Gasteiger partial charge in [-0.1, -0.05) is 194 Å². The molecule has 0 unspecified atom stereocenters. The van der Waals surface area contributed by atoms with Gasteiger partial charge in [-0.3, -0.25) is 0 Å². The van der Waals surface area contributed by atoms with Crippen LogP contribution in [0.5, 0.6) is 0 Å². The van der Waals surface area contributed by atoms with E-state index in [4.69, 9.17) is 6.58 Å². The molecule has 0 atom stereocenters. The quantitative estimate of drug-likeness (QED) is 0.154. The van der Waals surface area contributed by atoms with Crippen LogP contribution in [0.15, 0.2) is 188 Å². The summed E-state index contributed by atoms with van der Waals surface area (Å²) in [4.78, 5) is 7.73. The van der Waals surface area contributed by atoms with Crippen LogP contribution in [-0.4, -0.2) is 6.71 Å². The third-order valence-corrected chi connectivity index (χ3v) is 17.5. The standard InChI is InChI=1S/C72H74BN3/c1-46-55-44-58-59(72(13,14)39-38-71(58,11)12)45-57(55)67-65(46)73-60-41-50(70(8,9)10)33-37-62(60)75(53-34-30-48(31-35-53)68(2,3)4)63-42-54(74(51-26-20-16-21-27-51)52-28-22-17-23-29-52)43-64(66(63)73)76(67)61-36-32-49(69(5,6)7)40-56(61)47-24-18-15-19-25-47/h15-37,40-45H,1,38-39H2,2-14H3. The smallest absolute Gasteiger partial charge is 0.252 e. The van der Waals surface area contributed by atoms with Gasteiger partial charge < -0.3 is 14.7 Å². The normalized spacial score (nSPS) is 16.2. The summed E-state index contributed by atoms with van der Waals surface area (Å²) in [6.45, 7) is 36.0. The lowest BCUT2D eigenvalue weighted by atomic mass is 9.32. The van der Waals surface area contributed by atoms with Crippen LogP contribution in [0.25, 0.3) is 22.4 Å². The lowest BCUT2D eigenvalue weighted by Gasteiger charge is -2.46. The largest absolute Gasteiger partial charge is 0.311 e. The lowest BCUT2D eigenvalue weighted by Crippen LogP contribution is -2.55. The Hall–Kier alpha value is -7.30. The molecule has 0 bridgehead atoms. The van der Waals surface area contributed by atoms with Crippen molar-refractivity contribution < 1.29 is 0 Å². The van der Waals surface area contributed by atoms with Gasteiger partial charge in [-0.05, 0) is 180 Å². The molecule has 8 aromatic rings. The van der Waals surface area contributed by atoms with Gasteiger partial charge in [-0.15, -0.1) is 0 Å². The van der Waals surface area contributed by atoms with Crippen molar-refractivity contribution in [3.05, 3.63) is 227 Å². The molecule has 4 heteroatoms. The Morgan fingerprint density at radius 1 is 0.447 bits per heavy atom. The number of hydrogen-bond acceptors (Lipinski definition) is 3. The zero-order valence-corrected chi connectivity index (χ0v) is 47.3. The van der Waals surface area contributed by atoms with E-state index in [0.29, 0.717) is 0 Å². The third kappa shape index (κ3) is 8.00. The van der Waals surface area contributed by atoms with E-state index >= 15 is 0 Å². The molecule has 0 aromatic heterocycles. The number of fused-ring (bicyclic) bond motifs is 6. The zero-order chi connectivity index (χ0) is 53.4. The van der Waals surface area contributed by atoms with Crippen LogP contribution < -0.4 is 25.6 Å². The Balaban J connectivity index is 1.27. The van der Waals surface area contributed by atoms with Crippen LogP contribution in [0.3, 0.4) is 0 Å². The van der Waals surface area contributed by atoms with Gasteiger partial charge in [0.2, 0.25) is 0 Å². The minimum Gasteiger partial charge on any atom is -0.311 e. The van der Waals surface area contributed by atoms with Gasteiger partial charge in [0.05, 0.1) is 11.4 Å². The summed E-state index contributed by atoms with van der Waals surface area (Å²) in [5, 5.41) is 0. The van der Waals surface area contributed by atoms with Crippen molar-refractivity contribution >= 4 is 74.4 Å². The molecule has 0 N–H and O–H groups in total. The molecule has 2 heterocycles. The van der Waals surface area contributed by atoms with E-state index in [0.717, 1.165) is 46.9 Å². The second-order valence-electron chi connectivity index (χ2n) is 26.6. The van der Waals surface area contributed by atoms with Gasteiger partial charge in [0.15, 0.2) is 0 Å². The van der Waals surface area contributed by atoms with E-state index in [1.165, 1.54) is 89.2 Å². The van der Waals surface area contributed by atoms with E-state index in [1.807, 2.05) is 0 Å². The number of rotatable bonds is 6. The van der Waals surface area contributed by atoms with Crippen molar-refractivity contribution in [2.24, 2.45) is 0 Å². The molecule has 8 aromatic carbocycles. The maximum Gasteiger partial charge on any atom is 0.252 e. The van der Waals surface area contributed by atoms with Crippen LogP contribution in [0.2, 0.25) is 0 Å². The van der Waals surface area contributed by atoms with Crippen molar-refractivity contribution in [3.8, 4) is 11.1 Å². The SMILES string of the molecule is C=C1C2=C(c3cc4c(cc31)C(C)(C)CCC4(C)C)N(c1ccc(C(C)(C)C)cc1-c1ccccc1)c1cc(N(c3ccccc3)c3ccccc3)cc3c1B2c1cc(C(C)(C)C)ccc1N3c1ccc(C(C)(C)C)cc1. The molecule has 0 saturated carbocycles. The topological polar surface area (TPSA) is 9.72 Å². The number of hydrogen-bond donors (Lipinski definition) is 0. The molecule has 12 rings (SSSR count). The Morgan fingerprint density at radius 2 is 0.921 bits per heavy atom. The summed E-state index contributed by atoms with van der Waals surface area (Å²) < 4.78 is 0. The second-order valence-corrected chi connectivity index (χ2v) is 26.6. The van der Waals surface area contributed by atoms with E-state index in [9.17, 15) is 0 Å². The van der Waals surface area contributed by atoms with Crippen molar-refractivity contribution in [3.63, 3.8) is 0 Å². The molecule has 2 aliphatic heterocycles. The number of anilines is 8. The maximum atomic E-state index is 5.27. The minimum atomic E-state index is -0.124. The first-order valence-electron chi connectivity index (χ1n) is 27.8. The first-order chi connectivity index (χ1) is 36.0. The van der Waals surface area contributed by atoms with Crippen molar-refractivity contribution in [2.75, 3.05) is 14.7 Å². The van der Waals surface area contributed by atoms with E-state index in [2.05, 4.69) is 281 Å². The highest BCUT2D eigenvalue weighted by Gasteiger charge is 2.51. The van der Waals surface area contributed by atoms with Gasteiger partial charge in [0.1, 0.15) is 0 Å². The molecule has 76 heavy (non-hydrogen) atoms. The Labute approximate surface area is 454 Å². The van der Waals surface area contributed by atoms with Crippen LogP contribution >= 0.6 is 0 Å². The summed E-state index contributed by atoms with van der Waals surface area (Å²) in [7, 11) is 0. The van der Waals surface area contributed by atoms with Gasteiger partial charge >= 0.3 is 0 Å². The van der Waals surface area contributed by atoms with Crippen LogP contribution in [0, 0.1) is 0 Å². The van der Waals surface area contributed by atoms with Crippen LogP contribution in [0.1, 0.15) is 142 Å². The van der Waals surface area contributed by atoms with Crippen LogP contribution in [0.4, 0.5) is 45.5 Å². The molecule has 0 amide bonds. The average molecular weight is 992 g/mol. The summed E-state index contributed by atoms with van der Waals surface area (Å²) >= 11 is 0. The van der Waals surface area contributed by atoms with Crippen LogP contribution in [-0.2, 0) is 27.1 Å². The maximum absolute atomic E-state index is 5.27. The summed E-state index contributed by atoms with van der Waals surface area (Å²) in [6.07, 6.45) is 2.28. The summed E-state index contributed by atoms with van der Waals surface area (Å²) in [5.74, 6) is 0. The molecule has 2 aliphatic carbocycles. The number of allylic oxidation sites excluding steroid dienone is 2. The summed E-state index contributed by atoms with van der Waals surface area (Å²) in [5.41, 5.74) is 27.0. The fraction of sp³-hybridized carbons (Fsp3) is 0.278. The molecule has 0 fully saturated rings. The number of nitrogens with zero attached hydrogens (tertiary/aromatic N) is 3. The van der Waals surface area contributed by atoms with Gasteiger partial charge in [-0.25, -0.2) is 0 Å². The third-order valence-electron chi connectivity index (χ3n) is 17.5. The Bertz CT molecular complexity index is 3610. The van der Waals surface area contributed by atoms with E-state index < -0.39 is 0 Å². The van der Waals surface area contributed by atoms with E-state index in [1.54, 1.807) is 0 Å². The molecule has 4 aliphatic rings. The molecule has 0 spiro atoms. The Kier molecular flexibility index (Phi) is 11.3. The molecule has 3 nitrogen and oxygen atoms in total. The number of benzene rings is 8. The molecule has 0 radical (unpaired) electrons. The molecular formula is C72H74BN3. The molecular weight excluding hydrogens is 918 g/mol. The minimum absolute atomic E-state index is 0.000144. The summed E-state index contributed by atoms with van der Waals surface area (Å²) in [6, 6.07) is 67.2. The highest BCUT2D eigenvalue weighted by atomic mass is 15.2. The second kappa shape index (κ2) is 17.4. The fourth-order valence-electron chi connectivity index (χ4n) is 12.9. The zero-order valence-electron chi connectivity index (χ0n) is 47.3. The lowest BCUT2D eigenvalue weighted by molar-refractivity contribution is 0.332. The predicted molar refractivity (Wildman–Crippen MR) is 329 cm³/mol. The van der Waals surface area contributed by atoms with Gasteiger partial charge in [-0.2, -0.15) is 0 Å². The Morgan fingerprint density at radius 3 is 1.46 bits per heavy atom. The van der Waals surface area contributed by atoms with Gasteiger partial charge in [0, 0.05) is 50.9 Å². The highest BCUT2D eigenvalue weighted by Crippen LogP contribution is 2.58. The molecule has 380 valence electrons. The fourth-order valence-corrected chi connectivity index (χ4v) is 12.9. The predicted octanol–water partition coefficient (Wildman–Crippen LogP) is 18.6. The van der Waals surface area contributed by atoms with Gasteiger partial charge in [0.25, 0.3) is 6.71 Å². The van der Waals surface area contributed by atoms with Crippen molar-refractivity contribution in [2.45, 2.75) is 130 Å².